The maximum Gasteiger partial charge on any atom is 0.320 e. The normalized spacial score (nSPS) is 29.5. The first-order chi connectivity index (χ1) is 5.71. The summed E-state index contributed by atoms with van der Waals surface area (Å²) in [5.74, 6) is 0.546. The van der Waals surface area contributed by atoms with Gasteiger partial charge in [0.05, 0.1) is 0 Å². The fourth-order valence-corrected chi connectivity index (χ4v) is 1.49. The molecule has 0 aliphatic carbocycles. The lowest BCUT2D eigenvalue weighted by atomic mass is 10.0. The van der Waals surface area contributed by atoms with Crippen LogP contribution in [-0.2, 0) is 10.3 Å². The van der Waals surface area contributed by atoms with E-state index in [2.05, 4.69) is 14.7 Å². The van der Waals surface area contributed by atoms with Gasteiger partial charge in [-0.15, -0.1) is 0 Å². The van der Waals surface area contributed by atoms with Crippen molar-refractivity contribution in [3.05, 3.63) is 11.2 Å². The predicted octanol–water partition coefficient (Wildman–Crippen LogP) is 1.75. The Bertz CT molecular complexity index is 281. The minimum atomic E-state index is -0.392. The highest BCUT2D eigenvalue weighted by Gasteiger charge is 2.36. The minimum absolute atomic E-state index is 0.0710. The summed E-state index contributed by atoms with van der Waals surface area (Å²) in [6, 6.07) is 0. The molecular weight excluding hydrogens is 180 g/mol. The first-order valence-electron chi connectivity index (χ1n) is 3.84. The van der Waals surface area contributed by atoms with Crippen LogP contribution in [-0.4, -0.2) is 16.7 Å². The van der Waals surface area contributed by atoms with Crippen molar-refractivity contribution in [3.8, 4) is 0 Å². The molecule has 0 N–H and O–H groups in total. The third kappa shape index (κ3) is 1.21. The van der Waals surface area contributed by atoms with Crippen molar-refractivity contribution in [2.45, 2.75) is 25.4 Å². The van der Waals surface area contributed by atoms with E-state index in [1.54, 1.807) is 0 Å². The Balaban J connectivity index is 2.28. The Morgan fingerprint density at radius 1 is 1.58 bits per heavy atom. The highest BCUT2D eigenvalue weighted by molar-refractivity contribution is 6.27. The summed E-state index contributed by atoms with van der Waals surface area (Å²) >= 11 is 5.50. The Morgan fingerprint density at radius 2 is 2.42 bits per heavy atom. The maximum absolute atomic E-state index is 5.50. The molecule has 5 heteroatoms. The van der Waals surface area contributed by atoms with E-state index in [1.165, 1.54) is 0 Å². The highest BCUT2D eigenvalue weighted by atomic mass is 35.5. The van der Waals surface area contributed by atoms with E-state index < -0.39 is 5.60 Å². The first kappa shape index (κ1) is 8.01. The standard InChI is InChI=1S/C7H9ClN2O2/c1-7(3-2-4-11-7)5-9-6(8)12-10-5/h2-4H2,1H3. The van der Waals surface area contributed by atoms with E-state index >= 15 is 0 Å². The molecule has 1 atom stereocenters. The lowest BCUT2D eigenvalue weighted by Crippen LogP contribution is -2.21. The quantitative estimate of drug-likeness (QED) is 0.674. The van der Waals surface area contributed by atoms with Crippen LogP contribution in [0.4, 0.5) is 0 Å². The lowest BCUT2D eigenvalue weighted by molar-refractivity contribution is 0.00768. The molecule has 1 aliphatic heterocycles. The van der Waals surface area contributed by atoms with Gasteiger partial charge in [0.25, 0.3) is 0 Å². The molecule has 1 aromatic rings. The molecule has 2 rings (SSSR count). The molecule has 66 valence electrons. The topological polar surface area (TPSA) is 48.2 Å². The number of ether oxygens (including phenoxy) is 1. The SMILES string of the molecule is CC1(c2noc(Cl)n2)CCCO1. The van der Waals surface area contributed by atoms with E-state index in [-0.39, 0.29) is 5.35 Å². The van der Waals surface area contributed by atoms with Crippen molar-refractivity contribution >= 4 is 11.6 Å². The van der Waals surface area contributed by atoms with Crippen molar-refractivity contribution in [2.24, 2.45) is 0 Å². The second kappa shape index (κ2) is 2.71. The van der Waals surface area contributed by atoms with E-state index in [4.69, 9.17) is 16.3 Å². The molecule has 12 heavy (non-hydrogen) atoms. The predicted molar refractivity (Wildman–Crippen MR) is 41.8 cm³/mol. The van der Waals surface area contributed by atoms with Crippen LogP contribution in [0.1, 0.15) is 25.6 Å². The molecule has 4 nitrogen and oxygen atoms in total. The van der Waals surface area contributed by atoms with E-state index in [0.29, 0.717) is 5.82 Å². The van der Waals surface area contributed by atoms with Crippen molar-refractivity contribution in [3.63, 3.8) is 0 Å². The van der Waals surface area contributed by atoms with Gasteiger partial charge in [-0.1, -0.05) is 5.16 Å². The van der Waals surface area contributed by atoms with E-state index in [0.717, 1.165) is 19.4 Å². The molecule has 0 amide bonds. The van der Waals surface area contributed by atoms with E-state index in [9.17, 15) is 0 Å². The van der Waals surface area contributed by atoms with Crippen LogP contribution in [0.3, 0.4) is 0 Å². The summed E-state index contributed by atoms with van der Waals surface area (Å²) in [5.41, 5.74) is -0.392. The van der Waals surface area contributed by atoms with Crippen molar-refractivity contribution < 1.29 is 9.26 Å². The first-order valence-corrected chi connectivity index (χ1v) is 4.22. The monoisotopic (exact) mass is 188 g/mol. The molecule has 1 saturated heterocycles. The van der Waals surface area contributed by atoms with Crippen LogP contribution in [0.15, 0.2) is 4.52 Å². The summed E-state index contributed by atoms with van der Waals surface area (Å²) in [5, 5.41) is 3.80. The lowest BCUT2D eigenvalue weighted by Gasteiger charge is -2.17. The van der Waals surface area contributed by atoms with Gasteiger partial charge in [-0.25, -0.2) is 0 Å². The smallest absolute Gasteiger partial charge is 0.320 e. The zero-order valence-corrected chi connectivity index (χ0v) is 7.47. The fourth-order valence-electron chi connectivity index (χ4n) is 1.38. The third-order valence-electron chi connectivity index (χ3n) is 2.09. The third-order valence-corrected chi connectivity index (χ3v) is 2.25. The summed E-state index contributed by atoms with van der Waals surface area (Å²) in [4.78, 5) is 3.93. The van der Waals surface area contributed by atoms with Gasteiger partial charge in [0.15, 0.2) is 0 Å². The Labute approximate surface area is 74.9 Å². The second-order valence-corrected chi connectivity index (χ2v) is 3.38. The van der Waals surface area contributed by atoms with Crippen molar-refractivity contribution in [2.75, 3.05) is 6.61 Å². The van der Waals surface area contributed by atoms with Crippen LogP contribution in [0.2, 0.25) is 5.35 Å². The van der Waals surface area contributed by atoms with Gasteiger partial charge in [0.2, 0.25) is 5.82 Å². The van der Waals surface area contributed by atoms with Gasteiger partial charge in [-0.05, 0) is 31.4 Å². The minimum Gasteiger partial charge on any atom is -0.367 e. The van der Waals surface area contributed by atoms with Crippen molar-refractivity contribution in [1.82, 2.24) is 10.1 Å². The molecular formula is C7H9ClN2O2. The maximum atomic E-state index is 5.50. The van der Waals surface area contributed by atoms with Gasteiger partial charge in [0.1, 0.15) is 5.60 Å². The van der Waals surface area contributed by atoms with Crippen LogP contribution in [0.25, 0.3) is 0 Å². The molecule has 0 saturated carbocycles. The number of aromatic nitrogens is 2. The fraction of sp³-hybridized carbons (Fsp3) is 0.714. The summed E-state index contributed by atoms with van der Waals surface area (Å²) in [6.45, 7) is 2.70. The summed E-state index contributed by atoms with van der Waals surface area (Å²) in [6.07, 6.45) is 1.95. The number of halogens is 1. The summed E-state index contributed by atoms with van der Waals surface area (Å²) in [7, 11) is 0. The molecule has 1 unspecified atom stereocenters. The second-order valence-electron chi connectivity index (χ2n) is 3.05. The molecule has 0 spiro atoms. The van der Waals surface area contributed by atoms with Crippen LogP contribution < -0.4 is 0 Å². The zero-order chi connectivity index (χ0) is 8.60. The van der Waals surface area contributed by atoms with Gasteiger partial charge >= 0.3 is 5.35 Å². The van der Waals surface area contributed by atoms with Gasteiger partial charge in [0, 0.05) is 6.61 Å². The van der Waals surface area contributed by atoms with Crippen LogP contribution in [0, 0.1) is 0 Å². The van der Waals surface area contributed by atoms with E-state index in [1.807, 2.05) is 6.92 Å². The van der Waals surface area contributed by atoms with Crippen LogP contribution >= 0.6 is 11.6 Å². The van der Waals surface area contributed by atoms with Gasteiger partial charge in [-0.3, -0.25) is 0 Å². The summed E-state index contributed by atoms with van der Waals surface area (Å²) < 4.78 is 10.2. The number of hydrogen-bond acceptors (Lipinski definition) is 4. The Hall–Kier alpha value is -0.610. The molecule has 0 radical (unpaired) electrons. The molecule has 0 bridgehead atoms. The molecule has 0 aromatic carbocycles. The van der Waals surface area contributed by atoms with Crippen molar-refractivity contribution in [1.29, 1.82) is 0 Å². The molecule has 2 heterocycles. The Kier molecular flexibility index (Phi) is 1.81. The Morgan fingerprint density at radius 3 is 2.92 bits per heavy atom. The number of hydrogen-bond donors (Lipinski definition) is 0. The van der Waals surface area contributed by atoms with Crippen LogP contribution in [0.5, 0.6) is 0 Å². The molecule has 1 aromatic heterocycles. The molecule has 1 fully saturated rings. The highest BCUT2D eigenvalue weighted by Crippen LogP contribution is 2.33. The average Bonchev–Trinajstić information content (AvgIpc) is 2.59. The number of rotatable bonds is 1. The van der Waals surface area contributed by atoms with Gasteiger partial charge < -0.3 is 9.26 Å². The van der Waals surface area contributed by atoms with Gasteiger partial charge in [-0.2, -0.15) is 4.98 Å². The number of nitrogens with zero attached hydrogens (tertiary/aromatic N) is 2. The zero-order valence-electron chi connectivity index (χ0n) is 6.71. The average molecular weight is 189 g/mol. The molecule has 1 aliphatic rings. The largest absolute Gasteiger partial charge is 0.367 e.